The fraction of sp³-hybridized carbons (Fsp3) is 0.609. The standard InChI is InChI=1S/C23H32N4O6/c1-30-21-13-19(25-9-7-16(8-10-25)23(31-2)32-3)18(12-20(21)27(28)29)17-14-24-26(15-17)22-6-4-5-11-33-22/h12-16,22-23H,4-11H2,1-3H3. The van der Waals surface area contributed by atoms with Crippen molar-refractivity contribution >= 4 is 11.4 Å². The van der Waals surface area contributed by atoms with Gasteiger partial charge < -0.3 is 23.8 Å². The summed E-state index contributed by atoms with van der Waals surface area (Å²) in [5, 5.41) is 16.2. The fourth-order valence-corrected chi connectivity index (χ4v) is 4.82. The molecule has 4 rings (SSSR count). The minimum absolute atomic E-state index is 0.0633. The molecule has 180 valence electrons. The summed E-state index contributed by atoms with van der Waals surface area (Å²) in [5.74, 6) is 0.543. The molecule has 2 saturated heterocycles. The molecule has 33 heavy (non-hydrogen) atoms. The molecular weight excluding hydrogens is 428 g/mol. The lowest BCUT2D eigenvalue weighted by atomic mass is 9.94. The number of benzene rings is 1. The maximum absolute atomic E-state index is 11.7. The SMILES string of the molecule is COc1cc(N2CCC(C(OC)OC)CC2)c(-c2cnn(C3CCCCO3)c2)cc1[N+](=O)[O-]. The number of piperidine rings is 1. The third-order valence-corrected chi connectivity index (χ3v) is 6.59. The lowest BCUT2D eigenvalue weighted by molar-refractivity contribution is -0.385. The molecule has 1 aromatic carbocycles. The minimum Gasteiger partial charge on any atom is -0.490 e. The van der Waals surface area contributed by atoms with Crippen molar-refractivity contribution in [3.05, 3.63) is 34.6 Å². The first kappa shape index (κ1) is 23.5. The quantitative estimate of drug-likeness (QED) is 0.331. The van der Waals surface area contributed by atoms with Crippen molar-refractivity contribution in [2.24, 2.45) is 5.92 Å². The average Bonchev–Trinajstić information content (AvgIpc) is 3.35. The zero-order valence-electron chi connectivity index (χ0n) is 19.4. The van der Waals surface area contributed by atoms with E-state index in [4.69, 9.17) is 18.9 Å². The summed E-state index contributed by atoms with van der Waals surface area (Å²) in [6.45, 7) is 2.28. The van der Waals surface area contributed by atoms with Gasteiger partial charge in [0.2, 0.25) is 0 Å². The Morgan fingerprint density at radius 3 is 2.52 bits per heavy atom. The van der Waals surface area contributed by atoms with E-state index in [1.165, 1.54) is 7.11 Å². The van der Waals surface area contributed by atoms with Crippen molar-refractivity contribution in [1.82, 2.24) is 9.78 Å². The van der Waals surface area contributed by atoms with Crippen LogP contribution >= 0.6 is 0 Å². The molecule has 0 bridgehead atoms. The molecule has 0 radical (unpaired) electrons. The van der Waals surface area contributed by atoms with Gasteiger partial charge in [0.15, 0.2) is 12.0 Å². The van der Waals surface area contributed by atoms with E-state index in [2.05, 4.69) is 10.00 Å². The molecule has 2 fully saturated rings. The van der Waals surface area contributed by atoms with Crippen LogP contribution in [0.15, 0.2) is 24.5 Å². The molecule has 0 amide bonds. The zero-order valence-corrected chi connectivity index (χ0v) is 19.4. The topological polar surface area (TPSA) is 101 Å². The normalized spacial score (nSPS) is 19.8. The summed E-state index contributed by atoms with van der Waals surface area (Å²) in [7, 11) is 4.78. The third-order valence-electron chi connectivity index (χ3n) is 6.59. The average molecular weight is 461 g/mol. The Balaban J connectivity index is 1.67. The number of hydrogen-bond donors (Lipinski definition) is 0. The molecule has 2 aliphatic rings. The third kappa shape index (κ3) is 4.97. The molecule has 1 unspecified atom stereocenters. The number of methoxy groups -OCH3 is 3. The van der Waals surface area contributed by atoms with Crippen molar-refractivity contribution in [3.8, 4) is 16.9 Å². The maximum atomic E-state index is 11.7. The first-order chi connectivity index (χ1) is 16.0. The molecule has 10 heteroatoms. The molecule has 1 atom stereocenters. The van der Waals surface area contributed by atoms with Crippen LogP contribution in [0.1, 0.15) is 38.3 Å². The van der Waals surface area contributed by atoms with Crippen LogP contribution in [0.5, 0.6) is 5.75 Å². The van der Waals surface area contributed by atoms with Crippen LogP contribution in [0.25, 0.3) is 11.1 Å². The Morgan fingerprint density at radius 2 is 1.91 bits per heavy atom. The summed E-state index contributed by atoms with van der Waals surface area (Å²) in [4.78, 5) is 13.6. The van der Waals surface area contributed by atoms with Gasteiger partial charge in [0.1, 0.15) is 6.23 Å². The lowest BCUT2D eigenvalue weighted by Crippen LogP contribution is -2.39. The van der Waals surface area contributed by atoms with Gasteiger partial charge in [-0.05, 0) is 32.1 Å². The van der Waals surface area contributed by atoms with E-state index in [0.717, 1.165) is 68.6 Å². The Morgan fingerprint density at radius 1 is 1.15 bits per heavy atom. The Hall–Kier alpha value is -2.69. The van der Waals surface area contributed by atoms with Gasteiger partial charge in [0.25, 0.3) is 0 Å². The molecule has 3 heterocycles. The Bertz CT molecular complexity index is 946. The van der Waals surface area contributed by atoms with E-state index in [9.17, 15) is 10.1 Å². The monoisotopic (exact) mass is 460 g/mol. The second kappa shape index (κ2) is 10.5. The maximum Gasteiger partial charge on any atom is 0.311 e. The predicted molar refractivity (Wildman–Crippen MR) is 122 cm³/mol. The number of anilines is 1. The highest BCUT2D eigenvalue weighted by atomic mass is 16.7. The van der Waals surface area contributed by atoms with Crippen LogP contribution in [-0.4, -0.2) is 62.0 Å². The van der Waals surface area contributed by atoms with E-state index in [1.54, 1.807) is 32.5 Å². The number of aromatic nitrogens is 2. The Labute approximate surface area is 193 Å². The van der Waals surface area contributed by atoms with Gasteiger partial charge in [-0.15, -0.1) is 0 Å². The van der Waals surface area contributed by atoms with Crippen molar-refractivity contribution in [3.63, 3.8) is 0 Å². The largest absolute Gasteiger partial charge is 0.490 e. The number of ether oxygens (including phenoxy) is 4. The van der Waals surface area contributed by atoms with Crippen LogP contribution in [0.3, 0.4) is 0 Å². The number of nitro groups is 1. The van der Waals surface area contributed by atoms with Gasteiger partial charge in [-0.25, -0.2) is 4.68 Å². The van der Waals surface area contributed by atoms with Crippen LogP contribution < -0.4 is 9.64 Å². The fourth-order valence-electron chi connectivity index (χ4n) is 4.82. The van der Waals surface area contributed by atoms with E-state index in [-0.39, 0.29) is 24.0 Å². The van der Waals surface area contributed by atoms with Crippen LogP contribution in [-0.2, 0) is 14.2 Å². The summed E-state index contributed by atoms with van der Waals surface area (Å²) in [5.41, 5.74) is 2.41. The molecule has 1 aromatic heterocycles. The molecular formula is C23H32N4O6. The summed E-state index contributed by atoms with van der Waals surface area (Å²) < 4.78 is 24.0. The van der Waals surface area contributed by atoms with E-state index >= 15 is 0 Å². The zero-order chi connectivity index (χ0) is 23.4. The number of rotatable bonds is 8. The Kier molecular flexibility index (Phi) is 7.46. The van der Waals surface area contributed by atoms with Gasteiger partial charge >= 0.3 is 5.69 Å². The van der Waals surface area contributed by atoms with E-state index in [1.807, 2.05) is 10.9 Å². The van der Waals surface area contributed by atoms with Gasteiger partial charge in [0, 0.05) is 75.0 Å². The number of nitro benzene ring substituents is 1. The molecule has 0 aliphatic carbocycles. The highest BCUT2D eigenvalue weighted by Gasteiger charge is 2.30. The molecule has 2 aliphatic heterocycles. The van der Waals surface area contributed by atoms with E-state index in [0.29, 0.717) is 5.92 Å². The van der Waals surface area contributed by atoms with Gasteiger partial charge in [0.05, 0.1) is 18.2 Å². The summed E-state index contributed by atoms with van der Waals surface area (Å²) in [6, 6.07) is 3.36. The second-order valence-electron chi connectivity index (χ2n) is 8.49. The van der Waals surface area contributed by atoms with Crippen molar-refractivity contribution in [2.75, 3.05) is 45.9 Å². The molecule has 10 nitrogen and oxygen atoms in total. The second-order valence-corrected chi connectivity index (χ2v) is 8.49. The van der Waals surface area contributed by atoms with Crippen molar-refractivity contribution < 1.29 is 23.9 Å². The smallest absolute Gasteiger partial charge is 0.311 e. The summed E-state index contributed by atoms with van der Waals surface area (Å²) in [6.07, 6.45) is 8.19. The minimum atomic E-state index is -0.408. The molecule has 2 aromatic rings. The number of nitrogens with zero attached hydrogens (tertiary/aromatic N) is 4. The first-order valence-corrected chi connectivity index (χ1v) is 11.4. The van der Waals surface area contributed by atoms with Crippen LogP contribution in [0.2, 0.25) is 0 Å². The molecule has 0 N–H and O–H groups in total. The van der Waals surface area contributed by atoms with Gasteiger partial charge in [-0.3, -0.25) is 10.1 Å². The van der Waals surface area contributed by atoms with Gasteiger partial charge in [-0.1, -0.05) is 0 Å². The van der Waals surface area contributed by atoms with E-state index < -0.39 is 4.92 Å². The highest BCUT2D eigenvalue weighted by Crippen LogP contribution is 2.42. The molecule has 0 saturated carbocycles. The molecule has 0 spiro atoms. The number of hydrogen-bond acceptors (Lipinski definition) is 8. The van der Waals surface area contributed by atoms with Crippen molar-refractivity contribution in [1.29, 1.82) is 0 Å². The first-order valence-electron chi connectivity index (χ1n) is 11.4. The van der Waals surface area contributed by atoms with Gasteiger partial charge in [-0.2, -0.15) is 5.10 Å². The lowest BCUT2D eigenvalue weighted by Gasteiger charge is -2.37. The van der Waals surface area contributed by atoms with Crippen LogP contribution in [0.4, 0.5) is 11.4 Å². The highest BCUT2D eigenvalue weighted by molar-refractivity contribution is 5.82. The summed E-state index contributed by atoms with van der Waals surface area (Å²) >= 11 is 0. The predicted octanol–water partition coefficient (Wildman–Crippen LogP) is 4.00. The van der Waals surface area contributed by atoms with Crippen LogP contribution in [0, 0.1) is 16.0 Å². The van der Waals surface area contributed by atoms with Crippen molar-refractivity contribution in [2.45, 2.75) is 44.6 Å².